The number of hydrogen-bond donors (Lipinski definition) is 0. The SMILES string of the molecule is CC[Si](C#C[C@]1(CC(C)(C)C)CC[C@](C#C[Si](CC)(CC)CC)(CC(C)(C)C)C1=O)(CC)CC. The molecule has 0 radical (unpaired) electrons. The van der Waals surface area contributed by atoms with Crippen LogP contribution in [0.1, 0.15) is 109 Å². The van der Waals surface area contributed by atoms with E-state index in [1.807, 2.05) is 0 Å². The number of Topliss-reactive ketones (excluding diaryl/α,β-unsaturated/α-hetero) is 1. The molecule has 1 aliphatic rings. The molecule has 0 aliphatic heterocycles. The van der Waals surface area contributed by atoms with E-state index < -0.39 is 27.0 Å². The summed E-state index contributed by atoms with van der Waals surface area (Å²) in [6.07, 6.45) is 3.45. The topological polar surface area (TPSA) is 17.1 Å². The summed E-state index contributed by atoms with van der Waals surface area (Å²) in [5.41, 5.74) is 6.74. The summed E-state index contributed by atoms with van der Waals surface area (Å²) in [5, 5.41) is 0. The van der Waals surface area contributed by atoms with Crippen molar-refractivity contribution < 1.29 is 4.79 Å². The molecule has 0 spiro atoms. The van der Waals surface area contributed by atoms with Crippen molar-refractivity contribution in [2.75, 3.05) is 0 Å². The monoisotopic (exact) mass is 500 g/mol. The van der Waals surface area contributed by atoms with Crippen molar-refractivity contribution in [2.45, 2.75) is 145 Å². The van der Waals surface area contributed by atoms with Crippen LogP contribution in [0.25, 0.3) is 0 Å². The van der Waals surface area contributed by atoms with Crippen LogP contribution in [0.15, 0.2) is 0 Å². The van der Waals surface area contributed by atoms with Crippen LogP contribution >= 0.6 is 0 Å². The van der Waals surface area contributed by atoms with Gasteiger partial charge < -0.3 is 0 Å². The lowest BCUT2D eigenvalue weighted by Gasteiger charge is -2.35. The smallest absolute Gasteiger partial charge is 0.168 e. The van der Waals surface area contributed by atoms with Gasteiger partial charge in [-0.2, -0.15) is 0 Å². The molecule has 1 rings (SSSR count). The van der Waals surface area contributed by atoms with E-state index >= 15 is 0 Å². The van der Waals surface area contributed by atoms with E-state index in [2.05, 4.69) is 106 Å². The molecule has 0 aromatic rings. The molecule has 1 fully saturated rings. The van der Waals surface area contributed by atoms with Gasteiger partial charge in [-0.15, -0.1) is 11.1 Å². The Labute approximate surface area is 216 Å². The number of rotatable bonds is 8. The van der Waals surface area contributed by atoms with E-state index in [0.29, 0.717) is 5.78 Å². The van der Waals surface area contributed by atoms with Crippen LogP contribution in [-0.4, -0.2) is 21.9 Å². The van der Waals surface area contributed by atoms with E-state index in [-0.39, 0.29) is 10.8 Å². The van der Waals surface area contributed by atoms with Crippen molar-refractivity contribution in [3.8, 4) is 22.9 Å². The second-order valence-electron chi connectivity index (χ2n) is 13.7. The molecule has 0 amide bonds. The highest BCUT2D eigenvalue weighted by Crippen LogP contribution is 2.55. The molecule has 0 bridgehead atoms. The molecule has 0 unspecified atom stereocenters. The maximum absolute atomic E-state index is 14.7. The van der Waals surface area contributed by atoms with E-state index in [9.17, 15) is 4.79 Å². The van der Waals surface area contributed by atoms with Gasteiger partial charge >= 0.3 is 0 Å². The Morgan fingerprint density at radius 1 is 0.618 bits per heavy atom. The molecule has 0 heterocycles. The average molecular weight is 501 g/mol. The van der Waals surface area contributed by atoms with Gasteiger partial charge in [-0.3, -0.25) is 4.79 Å². The van der Waals surface area contributed by atoms with Gasteiger partial charge in [0.1, 0.15) is 16.1 Å². The standard InChI is InChI=1S/C31H56OSi2/c1-13-33(14-2,15-3)23-21-30(25-28(7,8)9)19-20-31(27(30)32,26-29(10,11)12)22-24-34(16-4,17-5)18-6/h13-20,25-26H2,1-12H3/t30-,31-/m0/s1. The molecule has 194 valence electrons. The lowest BCUT2D eigenvalue weighted by atomic mass is 9.67. The molecule has 0 saturated heterocycles. The van der Waals surface area contributed by atoms with Crippen molar-refractivity contribution in [3.05, 3.63) is 0 Å². The van der Waals surface area contributed by atoms with Crippen LogP contribution in [0, 0.1) is 44.6 Å². The van der Waals surface area contributed by atoms with E-state index in [1.165, 1.54) is 36.3 Å². The van der Waals surface area contributed by atoms with Crippen molar-refractivity contribution in [1.29, 1.82) is 0 Å². The number of hydrogen-bond acceptors (Lipinski definition) is 1. The van der Waals surface area contributed by atoms with Crippen LogP contribution < -0.4 is 0 Å². The minimum absolute atomic E-state index is 0.0548. The minimum atomic E-state index is -1.64. The fraction of sp³-hybridized carbons (Fsp3) is 0.839. The molecule has 2 atom stereocenters. The number of carbonyl (C=O) groups excluding carboxylic acids is 1. The van der Waals surface area contributed by atoms with E-state index in [4.69, 9.17) is 0 Å². The quantitative estimate of drug-likeness (QED) is 0.240. The van der Waals surface area contributed by atoms with Gasteiger partial charge in [-0.1, -0.05) is 94.9 Å². The van der Waals surface area contributed by atoms with Gasteiger partial charge in [0.25, 0.3) is 0 Å². The Hall–Kier alpha value is -0.776. The van der Waals surface area contributed by atoms with Gasteiger partial charge in [0.2, 0.25) is 0 Å². The molecular formula is C31H56OSi2. The van der Waals surface area contributed by atoms with Crippen molar-refractivity contribution >= 4 is 21.9 Å². The van der Waals surface area contributed by atoms with Crippen molar-refractivity contribution in [3.63, 3.8) is 0 Å². The third kappa shape index (κ3) is 7.37. The first-order valence-corrected chi connectivity index (χ1v) is 19.4. The summed E-state index contributed by atoms with van der Waals surface area (Å²) in [6, 6.07) is 7.07. The largest absolute Gasteiger partial charge is 0.296 e. The molecule has 0 aromatic heterocycles. The Balaban J connectivity index is 3.77. The highest BCUT2D eigenvalue weighted by Gasteiger charge is 2.57. The highest BCUT2D eigenvalue weighted by atomic mass is 28.3. The summed E-state index contributed by atoms with van der Waals surface area (Å²) in [7, 11) is -3.28. The van der Waals surface area contributed by atoms with E-state index in [1.54, 1.807) is 0 Å². The predicted octanol–water partition coefficient (Wildman–Crippen LogP) is 9.30. The summed E-state index contributed by atoms with van der Waals surface area (Å²) in [4.78, 5) is 14.7. The molecular weight excluding hydrogens is 445 g/mol. The van der Waals surface area contributed by atoms with Gasteiger partial charge in [-0.05, 0) is 72.8 Å². The highest BCUT2D eigenvalue weighted by molar-refractivity contribution is 6.87. The molecule has 1 saturated carbocycles. The van der Waals surface area contributed by atoms with Crippen molar-refractivity contribution in [1.82, 2.24) is 0 Å². The van der Waals surface area contributed by atoms with Gasteiger partial charge in [0.05, 0.1) is 10.8 Å². The summed E-state index contributed by atoms with van der Waals surface area (Å²) < 4.78 is 0. The third-order valence-corrected chi connectivity index (χ3v) is 18.1. The summed E-state index contributed by atoms with van der Waals surface area (Å²) in [5.74, 6) is 7.92. The van der Waals surface area contributed by atoms with E-state index in [0.717, 1.165) is 25.7 Å². The van der Waals surface area contributed by atoms with Crippen LogP contribution in [0.5, 0.6) is 0 Å². The van der Waals surface area contributed by atoms with Gasteiger partial charge in [0, 0.05) is 0 Å². The second-order valence-corrected chi connectivity index (χ2v) is 23.5. The Bertz CT molecular complexity index is 727. The number of ketones is 1. The molecule has 3 heteroatoms. The zero-order valence-corrected chi connectivity index (χ0v) is 27.0. The third-order valence-electron chi connectivity index (χ3n) is 8.71. The van der Waals surface area contributed by atoms with Gasteiger partial charge in [-0.25, -0.2) is 0 Å². The van der Waals surface area contributed by atoms with Gasteiger partial charge in [0.15, 0.2) is 5.78 Å². The minimum Gasteiger partial charge on any atom is -0.296 e. The lowest BCUT2D eigenvalue weighted by molar-refractivity contribution is -0.131. The molecule has 0 aromatic carbocycles. The first kappa shape index (κ1) is 31.3. The van der Waals surface area contributed by atoms with Crippen LogP contribution in [0.2, 0.25) is 36.3 Å². The fourth-order valence-electron chi connectivity index (χ4n) is 6.12. The zero-order valence-electron chi connectivity index (χ0n) is 25.0. The summed E-state index contributed by atoms with van der Waals surface area (Å²) in [6.45, 7) is 27.5. The Morgan fingerprint density at radius 3 is 1.09 bits per heavy atom. The fourth-order valence-corrected chi connectivity index (χ4v) is 11.2. The normalized spacial score (nSPS) is 23.8. The predicted molar refractivity (Wildman–Crippen MR) is 157 cm³/mol. The lowest BCUT2D eigenvalue weighted by Crippen LogP contribution is -2.40. The molecule has 0 N–H and O–H groups in total. The van der Waals surface area contributed by atoms with Crippen LogP contribution in [0.4, 0.5) is 0 Å². The van der Waals surface area contributed by atoms with Crippen LogP contribution in [-0.2, 0) is 4.79 Å². The second kappa shape index (κ2) is 11.5. The number of carbonyl (C=O) groups is 1. The maximum atomic E-state index is 14.7. The molecule has 1 aliphatic carbocycles. The first-order chi connectivity index (χ1) is 15.6. The Kier molecular flexibility index (Phi) is 10.6. The van der Waals surface area contributed by atoms with Crippen molar-refractivity contribution in [2.24, 2.45) is 21.7 Å². The molecule has 1 nitrogen and oxygen atoms in total. The van der Waals surface area contributed by atoms with Crippen LogP contribution in [0.3, 0.4) is 0 Å². The molecule has 34 heavy (non-hydrogen) atoms. The first-order valence-electron chi connectivity index (χ1n) is 14.2. The summed E-state index contributed by atoms with van der Waals surface area (Å²) >= 11 is 0. The Morgan fingerprint density at radius 2 is 0.882 bits per heavy atom. The maximum Gasteiger partial charge on any atom is 0.168 e. The zero-order chi connectivity index (χ0) is 26.5. The average Bonchev–Trinajstić information content (AvgIpc) is 3.01.